The molecule has 2 nitrogen and oxygen atoms in total. The van der Waals surface area contributed by atoms with Crippen molar-refractivity contribution in [3.05, 3.63) is 376 Å². The van der Waals surface area contributed by atoms with Crippen LogP contribution in [0.15, 0.2) is 376 Å². The summed E-state index contributed by atoms with van der Waals surface area (Å²) in [5.74, 6) is 0. The summed E-state index contributed by atoms with van der Waals surface area (Å²) >= 11 is 0. The molecule has 16 aromatic rings. The first kappa shape index (κ1) is 53.8. The van der Waals surface area contributed by atoms with Gasteiger partial charge in [0.15, 0.2) is 24.2 Å². The van der Waals surface area contributed by atoms with E-state index >= 15 is 0 Å². The van der Waals surface area contributed by atoms with Crippen molar-refractivity contribution < 1.29 is 0 Å². The second-order valence-electron chi connectivity index (χ2n) is 23.4. The molecule has 0 spiro atoms. The second kappa shape index (κ2) is 22.6. The first-order valence-corrected chi connectivity index (χ1v) is 36.9. The van der Waals surface area contributed by atoms with E-state index in [2.05, 4.69) is 385 Å². The highest BCUT2D eigenvalue weighted by Crippen LogP contribution is 2.42. The first-order chi connectivity index (χ1) is 44.2. The van der Waals surface area contributed by atoms with Gasteiger partial charge in [0, 0.05) is 32.9 Å². The van der Waals surface area contributed by atoms with E-state index < -0.39 is 24.2 Å². The van der Waals surface area contributed by atoms with Crippen LogP contribution in [0.5, 0.6) is 0 Å². The molecule has 0 bridgehead atoms. The van der Waals surface area contributed by atoms with Gasteiger partial charge in [0.25, 0.3) is 0 Å². The number of hydrogen-bond donors (Lipinski definition) is 0. The van der Waals surface area contributed by atoms with Crippen molar-refractivity contribution in [2.45, 2.75) is 0 Å². The lowest BCUT2D eigenvalue weighted by Gasteiger charge is -2.35. The molecule has 0 fully saturated rings. The summed E-state index contributed by atoms with van der Waals surface area (Å²) < 4.78 is 5.28. The van der Waals surface area contributed by atoms with Gasteiger partial charge in [0.2, 0.25) is 0 Å². The monoisotopic (exact) mass is 1180 g/mol. The van der Waals surface area contributed by atoms with Gasteiger partial charge in [-0.1, -0.05) is 334 Å². The summed E-state index contributed by atoms with van der Waals surface area (Å²) in [7, 11) is -9.28. The number of hydrogen-bond acceptors (Lipinski definition) is 0. The van der Waals surface area contributed by atoms with Crippen LogP contribution in [0.1, 0.15) is 0 Å². The Balaban J connectivity index is 1.09. The molecule has 0 N–H and O–H groups in total. The average Bonchev–Trinajstić information content (AvgIpc) is 1.71. The van der Waals surface area contributed by atoms with Crippen LogP contribution in [0.4, 0.5) is 0 Å². The molecule has 0 atom stereocenters. The maximum atomic E-state index is 2.66. The molecule has 89 heavy (non-hydrogen) atoms. The van der Waals surface area contributed by atoms with Gasteiger partial charge in [0.1, 0.15) is 0 Å². The van der Waals surface area contributed by atoms with Gasteiger partial charge >= 0.3 is 0 Å². The summed E-state index contributed by atoms with van der Waals surface area (Å²) in [6.07, 6.45) is 0. The lowest BCUT2D eigenvalue weighted by atomic mass is 10.1. The lowest BCUT2D eigenvalue weighted by molar-refractivity contribution is 1.18. The fraction of sp³-hybridized carbons (Fsp3) is 0. The predicted molar refractivity (Wildman–Crippen MR) is 386 cm³/mol. The molecule has 2 aromatic heterocycles. The van der Waals surface area contributed by atoms with E-state index in [-0.39, 0.29) is 0 Å². The highest BCUT2D eigenvalue weighted by Gasteiger charge is 2.46. The van der Waals surface area contributed by atoms with Crippen LogP contribution in [0.25, 0.3) is 55.0 Å². The van der Waals surface area contributed by atoms with Crippen LogP contribution in [-0.4, -0.2) is 33.4 Å². The minimum Gasteiger partial charge on any atom is -0.309 e. The number of aromatic nitrogens is 2. The minimum atomic E-state index is -3.32. The molecule has 5 heteroatoms. The van der Waals surface area contributed by atoms with Crippen LogP contribution in [0.2, 0.25) is 0 Å². The Morgan fingerprint density at radius 3 is 0.775 bits per heavy atom. The molecule has 0 aliphatic heterocycles. The number of rotatable bonds is 14. The highest BCUT2D eigenvalue weighted by molar-refractivity contribution is 7.21. The molecule has 2 heterocycles. The third kappa shape index (κ3) is 8.49. The predicted octanol–water partition coefficient (Wildman–Crippen LogP) is 12.0. The summed E-state index contributed by atoms with van der Waals surface area (Å²) in [6.45, 7) is 0. The SMILES string of the molecule is c1ccc([Si](c2ccccc2)(c2ccccc2)c2cccc(-n3c4ccccc4c4c3cc([Si](c3ccccc3)(c3ccccc3)c3ccccc3)c3c5ccccc5n(-c5cccc([Si](c6ccccc6)(c6ccccc6)c6ccccc6)c5)c34)c2)cc1. The quantitative estimate of drug-likeness (QED) is 0.0759. The largest absolute Gasteiger partial charge is 0.309 e. The first-order valence-electron chi connectivity index (χ1n) is 30.9. The molecule has 16 rings (SSSR count). The molecule has 0 radical (unpaired) electrons. The summed E-state index contributed by atoms with van der Waals surface area (Å²) in [6, 6.07) is 143. The van der Waals surface area contributed by atoms with E-state index in [4.69, 9.17) is 0 Å². The fourth-order valence-electron chi connectivity index (χ4n) is 15.4. The van der Waals surface area contributed by atoms with Crippen molar-refractivity contribution in [1.29, 1.82) is 0 Å². The van der Waals surface area contributed by atoms with Gasteiger partial charge in [0.05, 0.1) is 22.1 Å². The van der Waals surface area contributed by atoms with Crippen LogP contribution < -0.4 is 62.2 Å². The van der Waals surface area contributed by atoms with Crippen LogP contribution in [0, 0.1) is 0 Å². The van der Waals surface area contributed by atoms with Crippen molar-refractivity contribution in [2.75, 3.05) is 0 Å². The van der Waals surface area contributed by atoms with Crippen molar-refractivity contribution in [3.8, 4) is 11.4 Å². The molecule has 0 amide bonds. The molecule has 0 aliphatic rings. The Hall–Kier alpha value is -10.7. The minimum absolute atomic E-state index is 1.12. The van der Waals surface area contributed by atoms with Crippen LogP contribution in [0.3, 0.4) is 0 Å². The fourth-order valence-corrected chi connectivity index (χ4v) is 29.9. The van der Waals surface area contributed by atoms with Gasteiger partial charge in [-0.05, 0) is 105 Å². The molecular weight excluding hydrogens is 1120 g/mol. The van der Waals surface area contributed by atoms with E-state index in [0.29, 0.717) is 0 Å². The molecule has 0 saturated heterocycles. The van der Waals surface area contributed by atoms with Crippen molar-refractivity contribution in [2.24, 2.45) is 0 Å². The molecular formula is C84H62N2Si3. The maximum Gasteiger partial charge on any atom is 0.180 e. The molecule has 0 saturated carbocycles. The van der Waals surface area contributed by atoms with E-state index in [1.54, 1.807) is 0 Å². The van der Waals surface area contributed by atoms with Crippen molar-refractivity contribution in [3.63, 3.8) is 0 Å². The van der Waals surface area contributed by atoms with Gasteiger partial charge in [-0.15, -0.1) is 0 Å². The van der Waals surface area contributed by atoms with Crippen molar-refractivity contribution in [1.82, 2.24) is 9.13 Å². The van der Waals surface area contributed by atoms with Gasteiger partial charge in [-0.3, -0.25) is 0 Å². The lowest BCUT2D eigenvalue weighted by Crippen LogP contribution is -2.74. The second-order valence-corrected chi connectivity index (χ2v) is 34.8. The topological polar surface area (TPSA) is 9.86 Å². The van der Waals surface area contributed by atoms with E-state index in [1.807, 2.05) is 0 Å². The zero-order valence-corrected chi connectivity index (χ0v) is 52.2. The summed E-state index contributed by atoms with van der Waals surface area (Å²) in [5, 5.41) is 21.0. The van der Waals surface area contributed by atoms with Crippen molar-refractivity contribution >= 4 is 130 Å². The average molecular weight is 1180 g/mol. The van der Waals surface area contributed by atoms with E-state index in [0.717, 1.165) is 16.9 Å². The van der Waals surface area contributed by atoms with E-state index in [9.17, 15) is 0 Å². The van der Waals surface area contributed by atoms with E-state index in [1.165, 1.54) is 100 Å². The molecule has 0 aliphatic carbocycles. The Kier molecular flexibility index (Phi) is 13.6. The molecule has 0 unspecified atom stereocenters. The number of para-hydroxylation sites is 2. The third-order valence-corrected chi connectivity index (χ3v) is 33.3. The number of nitrogens with zero attached hydrogens (tertiary/aromatic N) is 2. The van der Waals surface area contributed by atoms with Crippen LogP contribution in [-0.2, 0) is 0 Å². The molecule has 420 valence electrons. The Morgan fingerprint density at radius 1 is 0.180 bits per heavy atom. The Morgan fingerprint density at radius 2 is 0.438 bits per heavy atom. The van der Waals surface area contributed by atoms with Gasteiger partial charge < -0.3 is 9.13 Å². The van der Waals surface area contributed by atoms with Gasteiger partial charge in [-0.2, -0.15) is 0 Å². The van der Waals surface area contributed by atoms with Gasteiger partial charge in [-0.25, -0.2) is 0 Å². The zero-order valence-electron chi connectivity index (χ0n) is 49.2. The summed E-state index contributed by atoms with van der Waals surface area (Å²) in [5.41, 5.74) is 6.94. The number of fused-ring (bicyclic) bond motifs is 7. The normalized spacial score (nSPS) is 12.0. The molecule has 14 aromatic carbocycles. The Bertz CT molecular complexity index is 4870. The smallest absolute Gasteiger partial charge is 0.180 e. The Labute approximate surface area is 523 Å². The maximum absolute atomic E-state index is 3.32. The standard InChI is InChI=1S/C84H62N2Si3/c1-10-36-65(37-11-1)87(66-38-12-2-13-39-66,67-40-14-3-15-41-67)74-54-32-34-63(60-74)85-78-58-30-28-56-76(78)82-80(85)62-81(89(71-48-22-7-23-49-71,72-50-24-8-25-51-72)73-52-26-9-27-53-73)83-77-57-29-31-59-79(77)86(84(82)83)64-35-33-55-75(61-64)88(68-42-16-4-17-43-68,69-44-18-5-19-45-69)70-46-20-6-21-47-70/h1-62H. The van der Waals surface area contributed by atoms with Crippen LogP contribution >= 0.6 is 0 Å². The highest BCUT2D eigenvalue weighted by atomic mass is 28.3. The number of benzene rings is 14. The third-order valence-electron chi connectivity index (χ3n) is 18.9. The summed E-state index contributed by atoms with van der Waals surface area (Å²) in [4.78, 5) is 0. The zero-order chi connectivity index (χ0) is 59.2.